The van der Waals surface area contributed by atoms with Gasteiger partial charge in [0.15, 0.2) is 5.76 Å². The minimum absolute atomic E-state index is 0.0439. The summed E-state index contributed by atoms with van der Waals surface area (Å²) >= 11 is 0. The molecule has 0 unspecified atom stereocenters. The van der Waals surface area contributed by atoms with Crippen molar-refractivity contribution in [1.82, 2.24) is 0 Å². The normalized spacial score (nSPS) is 14.2. The van der Waals surface area contributed by atoms with Gasteiger partial charge in [-0.1, -0.05) is 17.7 Å². The van der Waals surface area contributed by atoms with E-state index in [0.717, 1.165) is 12.2 Å². The number of alkyl halides is 3. The Morgan fingerprint density at radius 1 is 1.20 bits per heavy atom. The highest BCUT2D eigenvalue weighted by atomic mass is 19.4. The van der Waals surface area contributed by atoms with Crippen LogP contribution >= 0.6 is 0 Å². The summed E-state index contributed by atoms with van der Waals surface area (Å²) in [6, 6.07) is 0. The van der Waals surface area contributed by atoms with Crippen LogP contribution in [0, 0.1) is 0 Å². The third kappa shape index (κ3) is 6.45. The van der Waals surface area contributed by atoms with Crippen LogP contribution in [-0.2, 0) is 14.3 Å². The minimum atomic E-state index is -4.35. The highest BCUT2D eigenvalue weighted by Crippen LogP contribution is 2.27. The van der Waals surface area contributed by atoms with E-state index in [0.29, 0.717) is 18.4 Å². The van der Waals surface area contributed by atoms with Crippen molar-refractivity contribution in [2.45, 2.75) is 32.9 Å². The molecule has 0 aliphatic carbocycles. The average Bonchev–Trinajstić information content (AvgIpc) is 2.38. The van der Waals surface area contributed by atoms with Gasteiger partial charge in [-0.2, -0.15) is 13.2 Å². The highest BCUT2D eigenvalue weighted by Gasteiger charge is 2.31. The molecule has 0 aliphatic heterocycles. The number of allylic oxidation sites excluding steroid dienone is 5. The Bertz CT molecular complexity index is 418. The molecule has 0 N–H and O–H groups in total. The second-order valence-electron chi connectivity index (χ2n) is 4.04. The molecule has 3 nitrogen and oxygen atoms in total. The van der Waals surface area contributed by atoms with Crippen LogP contribution < -0.4 is 0 Å². The fraction of sp³-hybridized carbons (Fsp3) is 0.500. The molecular formula is C14H19F3O3. The Kier molecular flexibility index (Phi) is 7.72. The largest absolute Gasteiger partial charge is 0.490 e. The van der Waals surface area contributed by atoms with Gasteiger partial charge >= 0.3 is 12.1 Å². The molecule has 0 aromatic carbocycles. The maximum Gasteiger partial charge on any atom is 0.416 e. The number of halogens is 3. The van der Waals surface area contributed by atoms with E-state index in [1.807, 2.05) is 0 Å². The van der Waals surface area contributed by atoms with Crippen molar-refractivity contribution >= 4 is 5.97 Å². The Balaban J connectivity index is 4.67. The van der Waals surface area contributed by atoms with Crippen molar-refractivity contribution in [2.75, 3.05) is 14.2 Å². The molecule has 0 saturated heterocycles. The van der Waals surface area contributed by atoms with Crippen LogP contribution in [0.25, 0.3) is 0 Å². The number of ether oxygens (including phenoxy) is 2. The lowest BCUT2D eigenvalue weighted by atomic mass is 10.1. The first-order valence-electron chi connectivity index (χ1n) is 5.99. The molecule has 0 atom stereocenters. The number of esters is 1. The molecule has 0 fully saturated rings. The van der Waals surface area contributed by atoms with E-state index >= 15 is 0 Å². The van der Waals surface area contributed by atoms with Crippen molar-refractivity contribution in [3.63, 3.8) is 0 Å². The Hall–Kier alpha value is -1.72. The quantitative estimate of drug-likeness (QED) is 0.322. The predicted molar refractivity (Wildman–Crippen MR) is 69.9 cm³/mol. The topological polar surface area (TPSA) is 35.5 Å². The third-order valence-corrected chi connectivity index (χ3v) is 2.52. The van der Waals surface area contributed by atoms with Gasteiger partial charge in [-0.15, -0.1) is 0 Å². The Morgan fingerprint density at radius 2 is 1.80 bits per heavy atom. The second-order valence-corrected chi connectivity index (χ2v) is 4.04. The van der Waals surface area contributed by atoms with E-state index in [4.69, 9.17) is 4.74 Å². The van der Waals surface area contributed by atoms with Gasteiger partial charge in [-0.3, -0.25) is 0 Å². The molecule has 0 saturated carbocycles. The summed E-state index contributed by atoms with van der Waals surface area (Å²) in [5.41, 5.74) is -0.120. The molecule has 20 heavy (non-hydrogen) atoms. The lowest BCUT2D eigenvalue weighted by Gasteiger charge is -2.08. The van der Waals surface area contributed by atoms with Crippen molar-refractivity contribution in [1.29, 1.82) is 0 Å². The van der Waals surface area contributed by atoms with Gasteiger partial charge in [0.05, 0.1) is 19.8 Å². The maximum atomic E-state index is 12.5. The summed E-state index contributed by atoms with van der Waals surface area (Å²) in [5.74, 6) is -0.569. The Morgan fingerprint density at radius 3 is 2.20 bits per heavy atom. The maximum absolute atomic E-state index is 12.5. The van der Waals surface area contributed by atoms with Crippen LogP contribution in [0.3, 0.4) is 0 Å². The van der Waals surface area contributed by atoms with Crippen LogP contribution in [-0.4, -0.2) is 26.4 Å². The number of hydrogen-bond donors (Lipinski definition) is 0. The SMILES string of the molecule is C/C=C(\C=C(/C)CC/C=C(\OC)C(=O)OC)C(F)(F)F. The zero-order valence-electron chi connectivity index (χ0n) is 12.0. The van der Waals surface area contributed by atoms with E-state index in [1.165, 1.54) is 27.2 Å². The summed E-state index contributed by atoms with van der Waals surface area (Å²) in [6.07, 6.45) is 0.0290. The lowest BCUT2D eigenvalue weighted by molar-refractivity contribution is -0.139. The van der Waals surface area contributed by atoms with Crippen molar-refractivity contribution in [3.8, 4) is 0 Å². The first-order valence-corrected chi connectivity index (χ1v) is 5.99. The highest BCUT2D eigenvalue weighted by molar-refractivity contribution is 5.85. The molecule has 0 bridgehead atoms. The smallest absolute Gasteiger partial charge is 0.416 e. The first-order chi connectivity index (χ1) is 9.26. The Labute approximate surface area is 116 Å². The van der Waals surface area contributed by atoms with Crippen LogP contribution in [0.1, 0.15) is 26.7 Å². The van der Waals surface area contributed by atoms with Gasteiger partial charge in [-0.05, 0) is 32.8 Å². The lowest BCUT2D eigenvalue weighted by Crippen LogP contribution is -2.10. The van der Waals surface area contributed by atoms with Crippen LogP contribution in [0.4, 0.5) is 13.2 Å². The molecule has 0 spiro atoms. The zero-order valence-corrected chi connectivity index (χ0v) is 12.0. The molecule has 0 heterocycles. The van der Waals surface area contributed by atoms with Crippen LogP contribution in [0.5, 0.6) is 0 Å². The minimum Gasteiger partial charge on any atom is -0.490 e. The monoisotopic (exact) mass is 292 g/mol. The molecule has 0 aromatic rings. The van der Waals surface area contributed by atoms with Gasteiger partial charge in [0.25, 0.3) is 0 Å². The summed E-state index contributed by atoms with van der Waals surface area (Å²) in [6.45, 7) is 2.94. The van der Waals surface area contributed by atoms with E-state index in [9.17, 15) is 18.0 Å². The molecule has 0 aliphatic rings. The van der Waals surface area contributed by atoms with Gasteiger partial charge in [0.1, 0.15) is 0 Å². The zero-order chi connectivity index (χ0) is 15.8. The van der Waals surface area contributed by atoms with Crippen LogP contribution in [0.15, 0.2) is 35.1 Å². The van der Waals surface area contributed by atoms with Gasteiger partial charge < -0.3 is 9.47 Å². The molecule has 0 radical (unpaired) electrons. The molecule has 114 valence electrons. The van der Waals surface area contributed by atoms with Crippen molar-refractivity contribution in [3.05, 3.63) is 35.1 Å². The summed E-state index contributed by atoms with van der Waals surface area (Å²) < 4.78 is 46.9. The van der Waals surface area contributed by atoms with Gasteiger partial charge in [0.2, 0.25) is 0 Å². The van der Waals surface area contributed by atoms with Crippen molar-refractivity contribution in [2.24, 2.45) is 0 Å². The van der Waals surface area contributed by atoms with Gasteiger partial charge in [0, 0.05) is 0 Å². The van der Waals surface area contributed by atoms with E-state index in [-0.39, 0.29) is 5.76 Å². The fourth-order valence-corrected chi connectivity index (χ4v) is 1.45. The summed E-state index contributed by atoms with van der Waals surface area (Å²) in [5, 5.41) is 0. The van der Waals surface area contributed by atoms with E-state index in [1.54, 1.807) is 6.92 Å². The molecule has 6 heteroatoms. The number of rotatable bonds is 6. The van der Waals surface area contributed by atoms with Crippen LogP contribution in [0.2, 0.25) is 0 Å². The molecular weight excluding hydrogens is 273 g/mol. The second kappa shape index (κ2) is 8.45. The fourth-order valence-electron chi connectivity index (χ4n) is 1.45. The number of hydrogen-bond acceptors (Lipinski definition) is 3. The number of methoxy groups -OCH3 is 2. The number of carbonyl (C=O) groups excluding carboxylic acids is 1. The number of carbonyl (C=O) groups is 1. The van der Waals surface area contributed by atoms with E-state index in [2.05, 4.69) is 4.74 Å². The summed E-state index contributed by atoms with van der Waals surface area (Å²) in [4.78, 5) is 11.2. The molecule has 0 amide bonds. The molecule has 0 aromatic heterocycles. The van der Waals surface area contributed by atoms with E-state index < -0.39 is 17.7 Å². The third-order valence-electron chi connectivity index (χ3n) is 2.52. The average molecular weight is 292 g/mol. The summed E-state index contributed by atoms with van der Waals surface area (Å²) in [7, 11) is 2.55. The molecule has 0 rings (SSSR count). The first kappa shape index (κ1) is 18.3. The van der Waals surface area contributed by atoms with Gasteiger partial charge in [-0.25, -0.2) is 4.79 Å². The predicted octanol–water partition coefficient (Wildman–Crippen LogP) is 3.92. The van der Waals surface area contributed by atoms with Crippen molar-refractivity contribution < 1.29 is 27.4 Å². The standard InChI is InChI=1S/C14H19F3O3/c1-5-11(14(15,16)17)9-10(2)7-6-8-12(19-3)13(18)20-4/h5,8-9H,6-7H2,1-4H3/b10-9+,11-5+,12-8-.